The number of benzene rings is 4. The third kappa shape index (κ3) is 7.77. The molecule has 9 heteroatoms. The predicted molar refractivity (Wildman–Crippen MR) is 161 cm³/mol. The standard InChI is InChI=1S/C33H32N2O6S/c36-20-23-10-12-24(13-11-23)29-18-27(21-42-30-9-5-4-8-28(30)31(37)38)40-32(41-29)25-14-16-26(17-15-25)35-33(39)34-19-22-6-2-1-3-7-22/h1-17,27,29,32,36H,18-21H2,(H,37,38)(H2,34,35,39)/t27-,29+,32+/m1/s1. The van der Waals surface area contributed by atoms with Gasteiger partial charge in [0.25, 0.3) is 0 Å². The van der Waals surface area contributed by atoms with Crippen molar-refractivity contribution in [3.63, 3.8) is 0 Å². The Hall–Kier alpha value is -4.15. The van der Waals surface area contributed by atoms with Crippen LogP contribution in [0.2, 0.25) is 0 Å². The molecule has 216 valence electrons. The summed E-state index contributed by atoms with van der Waals surface area (Å²) in [5, 5.41) is 24.7. The average molecular weight is 585 g/mol. The molecule has 1 heterocycles. The molecule has 0 aliphatic carbocycles. The summed E-state index contributed by atoms with van der Waals surface area (Å²) >= 11 is 1.45. The van der Waals surface area contributed by atoms with Crippen molar-refractivity contribution in [2.75, 3.05) is 11.1 Å². The Morgan fingerprint density at radius 2 is 1.50 bits per heavy atom. The van der Waals surface area contributed by atoms with Gasteiger partial charge in [-0.05, 0) is 41.0 Å². The van der Waals surface area contributed by atoms with E-state index in [4.69, 9.17) is 9.47 Å². The first-order chi connectivity index (χ1) is 20.5. The van der Waals surface area contributed by atoms with Crippen LogP contribution in [0, 0.1) is 0 Å². The van der Waals surface area contributed by atoms with E-state index in [2.05, 4.69) is 10.6 Å². The fraction of sp³-hybridized carbons (Fsp3) is 0.212. The number of aliphatic hydroxyl groups is 1. The summed E-state index contributed by atoms with van der Waals surface area (Å²) in [6.45, 7) is 0.385. The van der Waals surface area contributed by atoms with E-state index in [1.807, 2.05) is 72.8 Å². The van der Waals surface area contributed by atoms with E-state index >= 15 is 0 Å². The summed E-state index contributed by atoms with van der Waals surface area (Å²) in [7, 11) is 0. The van der Waals surface area contributed by atoms with Gasteiger partial charge in [-0.25, -0.2) is 9.59 Å². The largest absolute Gasteiger partial charge is 0.478 e. The minimum Gasteiger partial charge on any atom is -0.478 e. The highest BCUT2D eigenvalue weighted by atomic mass is 32.2. The van der Waals surface area contributed by atoms with Crippen LogP contribution in [0.1, 0.15) is 51.4 Å². The second kappa shape index (κ2) is 14.2. The van der Waals surface area contributed by atoms with Gasteiger partial charge < -0.3 is 30.3 Å². The Morgan fingerprint density at radius 1 is 0.810 bits per heavy atom. The van der Waals surface area contributed by atoms with E-state index in [-0.39, 0.29) is 30.4 Å². The van der Waals surface area contributed by atoms with E-state index in [0.29, 0.717) is 29.3 Å². The Balaban J connectivity index is 1.27. The predicted octanol–water partition coefficient (Wildman–Crippen LogP) is 6.54. The van der Waals surface area contributed by atoms with Crippen LogP contribution in [0.25, 0.3) is 0 Å². The molecule has 4 aromatic carbocycles. The lowest BCUT2D eigenvalue weighted by molar-refractivity contribution is -0.245. The van der Waals surface area contributed by atoms with Gasteiger partial charge in [0.05, 0.1) is 24.4 Å². The van der Waals surface area contributed by atoms with Gasteiger partial charge in [-0.15, -0.1) is 11.8 Å². The Kier molecular flexibility index (Phi) is 9.89. The number of ether oxygens (including phenoxy) is 2. The topological polar surface area (TPSA) is 117 Å². The Morgan fingerprint density at radius 3 is 2.21 bits per heavy atom. The first-order valence-electron chi connectivity index (χ1n) is 13.6. The molecule has 0 bridgehead atoms. The number of aromatic carboxylic acids is 1. The maximum atomic E-state index is 12.4. The summed E-state index contributed by atoms with van der Waals surface area (Å²) in [6.07, 6.45) is -0.570. The number of aliphatic hydroxyl groups excluding tert-OH is 1. The van der Waals surface area contributed by atoms with Gasteiger partial charge in [0.15, 0.2) is 6.29 Å². The van der Waals surface area contributed by atoms with Crippen LogP contribution < -0.4 is 10.6 Å². The van der Waals surface area contributed by atoms with E-state index in [0.717, 1.165) is 22.3 Å². The van der Waals surface area contributed by atoms with E-state index < -0.39 is 12.3 Å². The molecular weight excluding hydrogens is 552 g/mol. The lowest BCUT2D eigenvalue weighted by Gasteiger charge is -2.36. The number of urea groups is 1. The second-order valence-corrected chi connectivity index (χ2v) is 10.9. The summed E-state index contributed by atoms with van der Waals surface area (Å²) in [5.41, 5.74) is 4.48. The van der Waals surface area contributed by atoms with Crippen LogP contribution in [-0.2, 0) is 22.6 Å². The number of carbonyl (C=O) groups is 2. The Labute approximate surface area is 248 Å². The van der Waals surface area contributed by atoms with Gasteiger partial charge in [0, 0.05) is 34.9 Å². The monoisotopic (exact) mass is 584 g/mol. The molecule has 1 aliphatic heterocycles. The third-order valence-corrected chi connectivity index (χ3v) is 8.10. The van der Waals surface area contributed by atoms with Crippen molar-refractivity contribution in [2.45, 2.75) is 43.0 Å². The molecule has 3 atom stereocenters. The Bertz CT molecular complexity index is 1480. The normalized spacial score (nSPS) is 18.3. The number of carbonyl (C=O) groups excluding carboxylic acids is 1. The molecule has 1 aliphatic rings. The van der Waals surface area contributed by atoms with E-state index in [9.17, 15) is 19.8 Å². The molecule has 0 spiro atoms. The zero-order chi connectivity index (χ0) is 29.3. The number of carboxylic acids is 1. The first-order valence-corrected chi connectivity index (χ1v) is 14.6. The summed E-state index contributed by atoms with van der Waals surface area (Å²) in [5.74, 6) is -0.426. The molecule has 5 rings (SSSR count). The highest BCUT2D eigenvalue weighted by molar-refractivity contribution is 7.99. The lowest BCUT2D eigenvalue weighted by Crippen LogP contribution is -2.31. The number of nitrogens with one attached hydrogen (secondary N) is 2. The highest BCUT2D eigenvalue weighted by Gasteiger charge is 2.32. The fourth-order valence-electron chi connectivity index (χ4n) is 4.65. The van der Waals surface area contributed by atoms with Gasteiger partial charge in [-0.2, -0.15) is 0 Å². The van der Waals surface area contributed by atoms with Gasteiger partial charge >= 0.3 is 12.0 Å². The third-order valence-electron chi connectivity index (χ3n) is 6.89. The SMILES string of the molecule is O=C(NCc1ccccc1)Nc1ccc([C@H]2O[C@@H](CSc3ccccc3C(=O)O)C[C@@H](c3ccc(CO)cc3)O2)cc1. The number of hydrogen-bond donors (Lipinski definition) is 4. The maximum Gasteiger partial charge on any atom is 0.336 e. The number of thioether (sulfide) groups is 1. The van der Waals surface area contributed by atoms with Crippen LogP contribution in [0.5, 0.6) is 0 Å². The number of carboxylic acid groups (broad SMARTS) is 1. The molecule has 1 saturated heterocycles. The quantitative estimate of drug-likeness (QED) is 0.157. The minimum absolute atomic E-state index is 0.0372. The summed E-state index contributed by atoms with van der Waals surface area (Å²) in [6, 6.07) is 31.3. The first kappa shape index (κ1) is 29.3. The fourth-order valence-corrected chi connectivity index (χ4v) is 5.72. The smallest absolute Gasteiger partial charge is 0.336 e. The summed E-state index contributed by atoms with van der Waals surface area (Å²) < 4.78 is 12.8. The number of anilines is 1. The second-order valence-electron chi connectivity index (χ2n) is 9.88. The molecule has 2 amide bonds. The van der Waals surface area contributed by atoms with Crippen LogP contribution in [0.15, 0.2) is 108 Å². The van der Waals surface area contributed by atoms with Crippen molar-refractivity contribution in [1.29, 1.82) is 0 Å². The molecule has 0 radical (unpaired) electrons. The average Bonchev–Trinajstić information content (AvgIpc) is 3.03. The number of amides is 2. The molecule has 1 fully saturated rings. The molecule has 4 N–H and O–H groups in total. The van der Waals surface area contributed by atoms with Crippen molar-refractivity contribution in [2.24, 2.45) is 0 Å². The van der Waals surface area contributed by atoms with E-state index in [1.54, 1.807) is 30.3 Å². The number of hydrogen-bond acceptors (Lipinski definition) is 6. The maximum absolute atomic E-state index is 12.4. The molecule has 42 heavy (non-hydrogen) atoms. The van der Waals surface area contributed by atoms with Crippen molar-refractivity contribution in [1.82, 2.24) is 5.32 Å². The van der Waals surface area contributed by atoms with Gasteiger partial charge in [0.1, 0.15) is 0 Å². The van der Waals surface area contributed by atoms with Crippen molar-refractivity contribution in [3.8, 4) is 0 Å². The number of rotatable bonds is 10. The zero-order valence-electron chi connectivity index (χ0n) is 22.8. The molecule has 4 aromatic rings. The minimum atomic E-state index is -0.965. The lowest BCUT2D eigenvalue weighted by atomic mass is 10.0. The van der Waals surface area contributed by atoms with Crippen LogP contribution in [0.3, 0.4) is 0 Å². The molecule has 0 unspecified atom stereocenters. The molecular formula is C33H32N2O6S. The van der Waals surface area contributed by atoms with Crippen LogP contribution in [-0.4, -0.2) is 34.1 Å². The molecule has 0 aromatic heterocycles. The van der Waals surface area contributed by atoms with Gasteiger partial charge in [-0.1, -0.05) is 78.9 Å². The van der Waals surface area contributed by atoms with Crippen molar-refractivity contribution in [3.05, 3.63) is 131 Å². The summed E-state index contributed by atoms with van der Waals surface area (Å²) in [4.78, 5) is 24.8. The van der Waals surface area contributed by atoms with Crippen molar-refractivity contribution >= 4 is 29.4 Å². The van der Waals surface area contributed by atoms with Crippen molar-refractivity contribution < 1.29 is 29.3 Å². The van der Waals surface area contributed by atoms with Gasteiger partial charge in [0.2, 0.25) is 0 Å². The molecule has 0 saturated carbocycles. The van der Waals surface area contributed by atoms with E-state index in [1.165, 1.54) is 11.8 Å². The van der Waals surface area contributed by atoms with Crippen LogP contribution >= 0.6 is 11.8 Å². The van der Waals surface area contributed by atoms with Gasteiger partial charge in [-0.3, -0.25) is 0 Å². The highest BCUT2D eigenvalue weighted by Crippen LogP contribution is 2.40. The zero-order valence-corrected chi connectivity index (χ0v) is 23.6. The van der Waals surface area contributed by atoms with Crippen LogP contribution in [0.4, 0.5) is 10.5 Å². The molecule has 8 nitrogen and oxygen atoms in total.